The molecule has 0 amide bonds. The number of carbonyl (C=O) groups is 1. The van der Waals surface area contributed by atoms with E-state index < -0.39 is 81.1 Å². The number of sulfonamides is 1. The van der Waals surface area contributed by atoms with Crippen molar-refractivity contribution >= 4 is 21.7 Å². The zero-order valence-electron chi connectivity index (χ0n) is 22.9. The maximum Gasteiger partial charge on any atom is 0.416 e. The fourth-order valence-electron chi connectivity index (χ4n) is 5.71. The zero-order chi connectivity index (χ0) is 32.9. The molecular formula is C29H25F6NO8S. The second-order valence-electron chi connectivity index (χ2n) is 10.9. The number of aliphatic hydroxyl groups is 2. The normalized spacial score (nSPS) is 23.5. The highest BCUT2D eigenvalue weighted by atomic mass is 32.2. The molecule has 0 bridgehead atoms. The summed E-state index contributed by atoms with van der Waals surface area (Å²) in [7, 11) is -4.81. The summed E-state index contributed by atoms with van der Waals surface area (Å²) in [4.78, 5) is 11.5. The Morgan fingerprint density at radius 1 is 1.02 bits per heavy atom. The first kappa shape index (κ1) is 32.4. The molecule has 3 aromatic rings. The minimum absolute atomic E-state index is 0.00856. The number of fused-ring (bicyclic) bond motifs is 1. The summed E-state index contributed by atoms with van der Waals surface area (Å²) in [6.45, 7) is -3.86. The van der Waals surface area contributed by atoms with Gasteiger partial charge in [-0.05, 0) is 66.4 Å². The molecule has 3 N–H and O–H groups in total. The molecule has 0 spiro atoms. The van der Waals surface area contributed by atoms with Gasteiger partial charge in [0.25, 0.3) is 10.0 Å². The molecule has 0 saturated heterocycles. The number of hydrogen-bond donors (Lipinski definition) is 3. The van der Waals surface area contributed by atoms with Crippen molar-refractivity contribution in [2.24, 2.45) is 5.41 Å². The molecule has 2 aliphatic rings. The molecule has 1 saturated carbocycles. The van der Waals surface area contributed by atoms with Gasteiger partial charge in [-0.15, -0.1) is 0 Å². The molecule has 1 aliphatic carbocycles. The predicted octanol–water partition coefficient (Wildman–Crippen LogP) is 5.05. The molecule has 0 radical (unpaired) electrons. The van der Waals surface area contributed by atoms with Crippen molar-refractivity contribution in [1.82, 2.24) is 0 Å². The van der Waals surface area contributed by atoms with E-state index >= 15 is 0 Å². The first-order valence-corrected chi connectivity index (χ1v) is 14.8. The summed E-state index contributed by atoms with van der Waals surface area (Å²) in [6.07, 6.45) is -9.93. The highest BCUT2D eigenvalue weighted by molar-refractivity contribution is 7.92. The molecule has 4 atom stereocenters. The monoisotopic (exact) mass is 661 g/mol. The summed E-state index contributed by atoms with van der Waals surface area (Å²) < 4.78 is 119. The van der Waals surface area contributed by atoms with E-state index in [0.717, 1.165) is 28.6 Å². The fraction of sp³-hybridized carbons (Fsp3) is 0.345. The number of carboxylic acid groups (broad SMARTS) is 1. The number of benzene rings is 3. The molecular weight excluding hydrogens is 636 g/mol. The number of hydrogen-bond acceptors (Lipinski definition) is 7. The van der Waals surface area contributed by atoms with Crippen LogP contribution in [0.15, 0.2) is 65.6 Å². The minimum Gasteiger partial charge on any atom is -0.486 e. The Bertz CT molecular complexity index is 1710. The number of nitrogens with zero attached hydrogens (tertiary/aromatic N) is 1. The van der Waals surface area contributed by atoms with E-state index in [1.54, 1.807) is 0 Å². The highest BCUT2D eigenvalue weighted by Crippen LogP contribution is 2.47. The average Bonchev–Trinajstić information content (AvgIpc) is 3.24. The Kier molecular flexibility index (Phi) is 8.44. The zero-order valence-corrected chi connectivity index (χ0v) is 23.7. The van der Waals surface area contributed by atoms with Crippen molar-refractivity contribution < 1.29 is 64.3 Å². The van der Waals surface area contributed by atoms with E-state index in [1.807, 2.05) is 0 Å². The summed E-state index contributed by atoms with van der Waals surface area (Å²) in [6, 6.07) is 9.52. The highest BCUT2D eigenvalue weighted by Gasteiger charge is 2.52. The number of alkyl halides is 5. The third kappa shape index (κ3) is 6.53. The van der Waals surface area contributed by atoms with Crippen LogP contribution in [-0.4, -0.2) is 61.2 Å². The number of aliphatic hydroxyl groups excluding tert-OH is 2. The van der Waals surface area contributed by atoms with Crippen molar-refractivity contribution in [3.8, 4) is 22.6 Å². The number of aliphatic carboxylic acids is 1. The minimum atomic E-state index is -4.88. The van der Waals surface area contributed by atoms with Crippen LogP contribution < -0.4 is 13.8 Å². The fourth-order valence-corrected chi connectivity index (χ4v) is 7.25. The van der Waals surface area contributed by atoms with Gasteiger partial charge in [0.05, 0.1) is 40.3 Å². The van der Waals surface area contributed by atoms with Crippen molar-refractivity contribution in [1.29, 1.82) is 0 Å². The van der Waals surface area contributed by atoms with E-state index in [4.69, 9.17) is 4.74 Å². The van der Waals surface area contributed by atoms with Crippen LogP contribution in [0.25, 0.3) is 11.1 Å². The standard InChI is InChI=1S/C29H25F6NO8S/c30-18-6-16(7-19(10-18)44-27(31)32)15-4-5-25-22(8-15)36(45(41,42)21-3-1-2-17(9-21)29(33,34)35)14-20(43-25)11-28(26(39)40)12-23(37)24(38)13-28/h1-10,20,23-24,27,37-38H,11-14H2,(H,39,40)/t20-,23+,24?,28-/m0/s1. The lowest BCUT2D eigenvalue weighted by atomic mass is 9.80. The average molecular weight is 662 g/mol. The van der Waals surface area contributed by atoms with Gasteiger partial charge >= 0.3 is 18.8 Å². The SMILES string of the molecule is O=C(O)[C@]1(C[C@H]2CN(S(=O)(=O)c3cccc(C(F)(F)F)c3)c3cc(-c4cc(F)cc(OC(F)F)c4)ccc3O2)CC(O)[C@H](O)C1. The van der Waals surface area contributed by atoms with Gasteiger partial charge in [-0.3, -0.25) is 9.10 Å². The van der Waals surface area contributed by atoms with Gasteiger partial charge in [-0.25, -0.2) is 12.8 Å². The summed E-state index contributed by atoms with van der Waals surface area (Å²) in [5.74, 6) is -2.98. The van der Waals surface area contributed by atoms with Crippen molar-refractivity contribution in [2.75, 3.05) is 10.8 Å². The second kappa shape index (κ2) is 11.7. The van der Waals surface area contributed by atoms with E-state index in [9.17, 15) is 54.9 Å². The summed E-state index contributed by atoms with van der Waals surface area (Å²) in [5, 5.41) is 30.2. The van der Waals surface area contributed by atoms with E-state index in [1.165, 1.54) is 18.2 Å². The lowest BCUT2D eigenvalue weighted by Gasteiger charge is -2.38. The topological polar surface area (TPSA) is 134 Å². The van der Waals surface area contributed by atoms with Crippen molar-refractivity contribution in [3.63, 3.8) is 0 Å². The van der Waals surface area contributed by atoms with Gasteiger partial charge in [0.2, 0.25) is 0 Å². The Morgan fingerprint density at radius 3 is 2.33 bits per heavy atom. The molecule has 1 heterocycles. The van der Waals surface area contributed by atoms with Gasteiger partial charge in [0.15, 0.2) is 0 Å². The molecule has 9 nitrogen and oxygen atoms in total. The quantitative estimate of drug-likeness (QED) is 0.286. The number of ether oxygens (including phenoxy) is 2. The third-order valence-corrected chi connectivity index (χ3v) is 9.56. The molecule has 45 heavy (non-hydrogen) atoms. The lowest BCUT2D eigenvalue weighted by Crippen LogP contribution is -2.47. The van der Waals surface area contributed by atoms with Crippen LogP contribution >= 0.6 is 0 Å². The van der Waals surface area contributed by atoms with Gasteiger partial charge in [-0.2, -0.15) is 22.0 Å². The molecule has 1 unspecified atom stereocenters. The first-order chi connectivity index (χ1) is 21.0. The lowest BCUT2D eigenvalue weighted by molar-refractivity contribution is -0.151. The molecule has 1 aliphatic heterocycles. The number of halogens is 6. The molecule has 242 valence electrons. The van der Waals surface area contributed by atoms with Gasteiger partial charge in [0, 0.05) is 12.5 Å². The Labute approximate surface area is 252 Å². The second-order valence-corrected chi connectivity index (χ2v) is 12.7. The van der Waals surface area contributed by atoms with Crippen LogP contribution in [0, 0.1) is 11.2 Å². The van der Waals surface area contributed by atoms with Crippen LogP contribution in [0.5, 0.6) is 11.5 Å². The van der Waals surface area contributed by atoms with Crippen LogP contribution in [0.2, 0.25) is 0 Å². The van der Waals surface area contributed by atoms with Gasteiger partial charge < -0.3 is 24.8 Å². The summed E-state index contributed by atoms with van der Waals surface area (Å²) >= 11 is 0. The van der Waals surface area contributed by atoms with Gasteiger partial charge in [-0.1, -0.05) is 12.1 Å². The van der Waals surface area contributed by atoms with Crippen LogP contribution in [0.1, 0.15) is 24.8 Å². The van der Waals surface area contributed by atoms with Crippen molar-refractivity contribution in [3.05, 3.63) is 72.0 Å². The molecule has 3 aromatic carbocycles. The number of anilines is 1. The summed E-state index contributed by atoms with van der Waals surface area (Å²) in [5.41, 5.74) is -3.08. The predicted molar refractivity (Wildman–Crippen MR) is 145 cm³/mol. The molecule has 5 rings (SSSR count). The Morgan fingerprint density at radius 2 is 1.71 bits per heavy atom. The smallest absolute Gasteiger partial charge is 0.416 e. The van der Waals surface area contributed by atoms with Crippen molar-refractivity contribution in [2.45, 2.75) is 55.3 Å². The largest absolute Gasteiger partial charge is 0.486 e. The van der Waals surface area contributed by atoms with E-state index in [-0.39, 0.29) is 41.8 Å². The maximum absolute atomic E-state index is 14.3. The van der Waals surface area contributed by atoms with E-state index in [2.05, 4.69) is 4.74 Å². The Hall–Kier alpha value is -4.02. The Balaban J connectivity index is 1.60. The van der Waals surface area contributed by atoms with Gasteiger partial charge in [0.1, 0.15) is 23.4 Å². The van der Waals surface area contributed by atoms with Crippen LogP contribution in [0.3, 0.4) is 0 Å². The van der Waals surface area contributed by atoms with Crippen LogP contribution in [0.4, 0.5) is 32.0 Å². The molecule has 0 aromatic heterocycles. The third-order valence-electron chi connectivity index (χ3n) is 7.79. The van der Waals surface area contributed by atoms with Crippen LogP contribution in [-0.2, 0) is 21.0 Å². The molecule has 16 heteroatoms. The number of rotatable bonds is 8. The van der Waals surface area contributed by atoms with E-state index in [0.29, 0.717) is 18.2 Å². The first-order valence-electron chi connectivity index (χ1n) is 13.3. The number of carboxylic acids is 1. The molecule has 1 fully saturated rings. The maximum atomic E-state index is 14.3.